The Morgan fingerprint density at radius 3 is 2.52 bits per heavy atom. The molecule has 0 atom stereocenters. The Morgan fingerprint density at radius 1 is 1.10 bits per heavy atom. The SMILES string of the molecule is Cc1ccc2c(c1)nc(-c1cc(F)c(F)c(O)c1F)n2C. The van der Waals surface area contributed by atoms with Crippen molar-refractivity contribution < 1.29 is 18.3 Å². The lowest BCUT2D eigenvalue weighted by atomic mass is 10.1. The zero-order chi connectivity index (χ0) is 15.3. The monoisotopic (exact) mass is 292 g/mol. The topological polar surface area (TPSA) is 38.1 Å². The van der Waals surface area contributed by atoms with E-state index < -0.39 is 23.2 Å². The molecule has 0 fully saturated rings. The molecule has 0 aliphatic heterocycles. The molecular weight excluding hydrogens is 281 g/mol. The van der Waals surface area contributed by atoms with Gasteiger partial charge in [0.05, 0.1) is 16.6 Å². The van der Waals surface area contributed by atoms with Crippen LogP contribution in [0.2, 0.25) is 0 Å². The summed E-state index contributed by atoms with van der Waals surface area (Å²) in [7, 11) is 1.64. The van der Waals surface area contributed by atoms with Crippen molar-refractivity contribution >= 4 is 11.0 Å². The molecule has 3 aromatic rings. The molecule has 0 radical (unpaired) electrons. The highest BCUT2D eigenvalue weighted by Gasteiger charge is 2.22. The molecule has 1 aromatic heterocycles. The molecule has 3 nitrogen and oxygen atoms in total. The van der Waals surface area contributed by atoms with E-state index in [-0.39, 0.29) is 11.4 Å². The molecule has 1 N–H and O–H groups in total. The highest BCUT2D eigenvalue weighted by atomic mass is 19.2. The van der Waals surface area contributed by atoms with E-state index in [0.29, 0.717) is 11.6 Å². The molecule has 0 saturated carbocycles. The molecule has 108 valence electrons. The van der Waals surface area contributed by atoms with Crippen molar-refractivity contribution in [3.8, 4) is 17.1 Å². The summed E-state index contributed by atoms with van der Waals surface area (Å²) in [4.78, 5) is 4.24. The highest BCUT2D eigenvalue weighted by Crippen LogP contribution is 2.33. The van der Waals surface area contributed by atoms with Gasteiger partial charge in [0.2, 0.25) is 5.82 Å². The molecule has 2 aromatic carbocycles. The van der Waals surface area contributed by atoms with Crippen LogP contribution in [-0.4, -0.2) is 14.7 Å². The highest BCUT2D eigenvalue weighted by molar-refractivity contribution is 5.81. The predicted molar refractivity (Wildman–Crippen MR) is 72.4 cm³/mol. The molecule has 0 bridgehead atoms. The fourth-order valence-electron chi connectivity index (χ4n) is 2.30. The van der Waals surface area contributed by atoms with Gasteiger partial charge in [0.1, 0.15) is 5.82 Å². The molecule has 0 aliphatic carbocycles. The number of aromatic hydroxyl groups is 1. The number of phenolic OH excluding ortho intramolecular Hbond substituents is 1. The van der Waals surface area contributed by atoms with Crippen LogP contribution < -0.4 is 0 Å². The van der Waals surface area contributed by atoms with Gasteiger partial charge >= 0.3 is 0 Å². The third kappa shape index (κ3) is 1.94. The van der Waals surface area contributed by atoms with Crippen molar-refractivity contribution in [1.29, 1.82) is 0 Å². The lowest BCUT2D eigenvalue weighted by molar-refractivity contribution is 0.377. The van der Waals surface area contributed by atoms with Crippen LogP contribution in [0.3, 0.4) is 0 Å². The minimum atomic E-state index is -1.61. The van der Waals surface area contributed by atoms with Crippen molar-refractivity contribution in [3.63, 3.8) is 0 Å². The average Bonchev–Trinajstić information content (AvgIpc) is 2.77. The molecule has 3 rings (SSSR count). The van der Waals surface area contributed by atoms with Gasteiger partial charge in [-0.1, -0.05) is 6.07 Å². The van der Waals surface area contributed by atoms with Gasteiger partial charge in [-0.3, -0.25) is 0 Å². The Morgan fingerprint density at radius 2 is 1.81 bits per heavy atom. The lowest BCUT2D eigenvalue weighted by Gasteiger charge is -2.07. The minimum absolute atomic E-state index is 0.113. The van der Waals surface area contributed by atoms with Crippen molar-refractivity contribution in [2.24, 2.45) is 7.05 Å². The van der Waals surface area contributed by atoms with Crippen LogP contribution in [0.15, 0.2) is 24.3 Å². The van der Waals surface area contributed by atoms with Gasteiger partial charge in [0.15, 0.2) is 17.4 Å². The summed E-state index contributed by atoms with van der Waals surface area (Å²) in [6.45, 7) is 1.89. The Bertz CT molecular complexity index is 871. The van der Waals surface area contributed by atoms with Crippen LogP contribution >= 0.6 is 0 Å². The zero-order valence-electron chi connectivity index (χ0n) is 11.3. The third-order valence-corrected chi connectivity index (χ3v) is 3.41. The number of aromatic nitrogens is 2. The Labute approximate surface area is 118 Å². The van der Waals surface area contributed by atoms with E-state index in [0.717, 1.165) is 11.1 Å². The van der Waals surface area contributed by atoms with E-state index in [4.69, 9.17) is 0 Å². The van der Waals surface area contributed by atoms with E-state index in [9.17, 15) is 18.3 Å². The maximum Gasteiger partial charge on any atom is 0.203 e. The van der Waals surface area contributed by atoms with Crippen LogP contribution in [-0.2, 0) is 7.05 Å². The molecule has 0 spiro atoms. The molecule has 6 heteroatoms. The first kappa shape index (κ1) is 13.5. The number of halogens is 3. The maximum absolute atomic E-state index is 14.0. The Kier molecular flexibility index (Phi) is 2.90. The fourth-order valence-corrected chi connectivity index (χ4v) is 2.30. The number of fused-ring (bicyclic) bond motifs is 1. The van der Waals surface area contributed by atoms with E-state index in [1.54, 1.807) is 23.7 Å². The summed E-state index contributed by atoms with van der Waals surface area (Å²) >= 11 is 0. The second-order valence-corrected chi connectivity index (χ2v) is 4.87. The smallest absolute Gasteiger partial charge is 0.203 e. The molecule has 1 heterocycles. The molecular formula is C15H11F3N2O. The number of hydrogen-bond acceptors (Lipinski definition) is 2. The van der Waals surface area contributed by atoms with E-state index in [1.807, 2.05) is 13.0 Å². The van der Waals surface area contributed by atoms with Crippen molar-refractivity contribution in [2.75, 3.05) is 0 Å². The molecule has 0 unspecified atom stereocenters. The van der Waals surface area contributed by atoms with Gasteiger partial charge in [0, 0.05) is 7.05 Å². The van der Waals surface area contributed by atoms with Gasteiger partial charge in [-0.25, -0.2) is 13.8 Å². The van der Waals surface area contributed by atoms with E-state index in [1.165, 1.54) is 0 Å². The summed E-state index contributed by atoms with van der Waals surface area (Å²) in [5.41, 5.74) is 2.01. The second-order valence-electron chi connectivity index (χ2n) is 4.87. The number of nitrogens with zero attached hydrogens (tertiary/aromatic N) is 2. The van der Waals surface area contributed by atoms with Crippen LogP contribution in [0, 0.1) is 24.4 Å². The average molecular weight is 292 g/mol. The lowest BCUT2D eigenvalue weighted by Crippen LogP contribution is -1.98. The van der Waals surface area contributed by atoms with Gasteiger partial charge in [0.25, 0.3) is 0 Å². The number of hydrogen-bond donors (Lipinski definition) is 1. The molecule has 21 heavy (non-hydrogen) atoms. The van der Waals surface area contributed by atoms with Crippen LogP contribution in [0.1, 0.15) is 5.56 Å². The maximum atomic E-state index is 14.0. The largest absolute Gasteiger partial charge is 0.503 e. The third-order valence-electron chi connectivity index (χ3n) is 3.41. The number of benzene rings is 2. The Balaban J connectivity index is 2.33. The first-order valence-corrected chi connectivity index (χ1v) is 6.20. The fraction of sp³-hybridized carbons (Fsp3) is 0.133. The zero-order valence-corrected chi connectivity index (χ0v) is 11.3. The standard InChI is InChI=1S/C15H11F3N2O/c1-7-3-4-11-10(5-7)19-15(20(11)2)8-6-9(16)13(18)14(21)12(8)17/h3-6,21H,1-2H3. The predicted octanol–water partition coefficient (Wildman–Crippen LogP) is 3.67. The van der Waals surface area contributed by atoms with E-state index in [2.05, 4.69) is 4.98 Å². The van der Waals surface area contributed by atoms with Crippen molar-refractivity contribution in [2.45, 2.75) is 6.92 Å². The van der Waals surface area contributed by atoms with Gasteiger partial charge in [-0.2, -0.15) is 4.39 Å². The van der Waals surface area contributed by atoms with E-state index >= 15 is 0 Å². The van der Waals surface area contributed by atoms with Gasteiger partial charge < -0.3 is 9.67 Å². The minimum Gasteiger partial charge on any atom is -0.503 e. The first-order valence-electron chi connectivity index (χ1n) is 6.20. The normalized spacial score (nSPS) is 11.3. The van der Waals surface area contributed by atoms with Crippen LogP contribution in [0.4, 0.5) is 13.2 Å². The summed E-state index contributed by atoms with van der Waals surface area (Å²) in [6, 6.07) is 6.17. The molecule has 0 saturated heterocycles. The van der Waals surface area contributed by atoms with Crippen LogP contribution in [0.5, 0.6) is 5.75 Å². The quantitative estimate of drug-likeness (QED) is 0.695. The summed E-state index contributed by atoms with van der Waals surface area (Å²) < 4.78 is 42.1. The second kappa shape index (κ2) is 4.51. The molecule has 0 amide bonds. The number of imidazole rings is 1. The Hall–Kier alpha value is -2.50. The van der Waals surface area contributed by atoms with Crippen molar-refractivity contribution in [1.82, 2.24) is 9.55 Å². The number of aryl methyl sites for hydroxylation is 2. The first-order chi connectivity index (χ1) is 9.90. The molecule has 0 aliphatic rings. The van der Waals surface area contributed by atoms with Gasteiger partial charge in [-0.05, 0) is 30.7 Å². The van der Waals surface area contributed by atoms with Gasteiger partial charge in [-0.15, -0.1) is 0 Å². The summed E-state index contributed by atoms with van der Waals surface area (Å²) in [5, 5.41) is 9.31. The van der Waals surface area contributed by atoms with Crippen LogP contribution in [0.25, 0.3) is 22.4 Å². The van der Waals surface area contributed by atoms with Crippen molar-refractivity contribution in [3.05, 3.63) is 47.3 Å². The summed E-state index contributed by atoms with van der Waals surface area (Å²) in [6.07, 6.45) is 0. The summed E-state index contributed by atoms with van der Waals surface area (Å²) in [5.74, 6) is -5.39. The number of rotatable bonds is 1. The number of phenols is 1.